The summed E-state index contributed by atoms with van der Waals surface area (Å²) in [6.45, 7) is 1.90. The van der Waals surface area contributed by atoms with E-state index in [0.29, 0.717) is 5.69 Å². The molecule has 19 heavy (non-hydrogen) atoms. The van der Waals surface area contributed by atoms with E-state index in [9.17, 15) is 4.79 Å². The highest BCUT2D eigenvalue weighted by molar-refractivity contribution is 6.02. The normalized spacial score (nSPS) is 11.8. The first-order chi connectivity index (χ1) is 9.11. The van der Waals surface area contributed by atoms with Crippen molar-refractivity contribution in [1.29, 1.82) is 0 Å². The lowest BCUT2D eigenvalue weighted by Crippen LogP contribution is -2.35. The summed E-state index contributed by atoms with van der Waals surface area (Å²) < 4.78 is 0. The molecule has 2 aromatic rings. The Hall–Kier alpha value is -2.38. The molecule has 96 valence electrons. The highest BCUT2D eigenvalue weighted by atomic mass is 16.2. The van der Waals surface area contributed by atoms with Crippen LogP contribution in [-0.2, 0) is 4.79 Å². The van der Waals surface area contributed by atoms with Crippen LogP contribution in [0.1, 0.15) is 12.1 Å². The number of aryl methyl sites for hydroxylation is 1. The molecule has 0 saturated carbocycles. The van der Waals surface area contributed by atoms with Crippen LogP contribution in [0.5, 0.6) is 0 Å². The zero-order valence-corrected chi connectivity index (χ0v) is 10.7. The van der Waals surface area contributed by atoms with Gasteiger partial charge >= 0.3 is 0 Å². The second-order valence-corrected chi connectivity index (χ2v) is 4.33. The Balaban J connectivity index is 2.33. The van der Waals surface area contributed by atoms with Crippen molar-refractivity contribution in [1.82, 2.24) is 4.98 Å². The van der Waals surface area contributed by atoms with E-state index in [-0.39, 0.29) is 12.3 Å². The van der Waals surface area contributed by atoms with Crippen LogP contribution >= 0.6 is 0 Å². The van der Waals surface area contributed by atoms with Gasteiger partial charge in [-0.3, -0.25) is 9.78 Å². The van der Waals surface area contributed by atoms with Gasteiger partial charge in [0.05, 0.1) is 17.2 Å². The number of nitrogens with two attached hydrogens (primary N) is 1. The van der Waals surface area contributed by atoms with E-state index in [1.54, 1.807) is 6.07 Å². The van der Waals surface area contributed by atoms with Crippen LogP contribution in [0.4, 0.5) is 5.69 Å². The van der Waals surface area contributed by atoms with Gasteiger partial charge in [0.25, 0.3) is 0 Å². The van der Waals surface area contributed by atoms with Gasteiger partial charge < -0.3 is 11.1 Å². The van der Waals surface area contributed by atoms with E-state index in [1.165, 1.54) is 0 Å². The molecule has 0 bridgehead atoms. The number of carbonyl (C=O) groups excluding carboxylic acids is 1. The first-order valence-electron chi connectivity index (χ1n) is 5.98. The van der Waals surface area contributed by atoms with E-state index >= 15 is 0 Å². The quantitative estimate of drug-likeness (QED) is 0.820. The first-order valence-corrected chi connectivity index (χ1v) is 5.98. The minimum Gasteiger partial charge on any atom is -0.323 e. The molecule has 0 fully saturated rings. The molecular formula is C15H15N3O. The number of benzene rings is 1. The Morgan fingerprint density at radius 2 is 2.26 bits per heavy atom. The Morgan fingerprint density at radius 3 is 3.00 bits per heavy atom. The lowest BCUT2D eigenvalue weighted by atomic mass is 10.1. The number of nitrogens with one attached hydrogen (secondary N) is 1. The van der Waals surface area contributed by atoms with E-state index in [1.807, 2.05) is 31.2 Å². The number of hydrogen-bond acceptors (Lipinski definition) is 3. The van der Waals surface area contributed by atoms with Gasteiger partial charge in [0.2, 0.25) is 5.91 Å². The Labute approximate surface area is 112 Å². The third kappa shape index (κ3) is 2.90. The number of para-hydroxylation sites is 1. The fourth-order valence-corrected chi connectivity index (χ4v) is 1.79. The first kappa shape index (κ1) is 13.1. The number of fused-ring (bicyclic) bond motifs is 1. The number of nitrogens with zero attached hydrogens (tertiary/aromatic N) is 1. The molecule has 1 unspecified atom stereocenters. The Morgan fingerprint density at radius 1 is 1.47 bits per heavy atom. The van der Waals surface area contributed by atoms with Gasteiger partial charge in [-0.1, -0.05) is 18.2 Å². The van der Waals surface area contributed by atoms with Crippen LogP contribution in [0, 0.1) is 19.3 Å². The third-order valence-corrected chi connectivity index (χ3v) is 2.79. The molecule has 0 spiro atoms. The number of terminal acetylenes is 1. The lowest BCUT2D eigenvalue weighted by molar-refractivity contribution is -0.117. The van der Waals surface area contributed by atoms with Gasteiger partial charge in [-0.25, -0.2) is 0 Å². The van der Waals surface area contributed by atoms with Gasteiger partial charge in [-0.15, -0.1) is 12.3 Å². The summed E-state index contributed by atoms with van der Waals surface area (Å²) >= 11 is 0. The van der Waals surface area contributed by atoms with Crippen LogP contribution in [0.25, 0.3) is 10.9 Å². The maximum absolute atomic E-state index is 11.9. The van der Waals surface area contributed by atoms with E-state index < -0.39 is 6.04 Å². The summed E-state index contributed by atoms with van der Waals surface area (Å²) in [5.41, 5.74) is 7.97. The van der Waals surface area contributed by atoms with Crippen molar-refractivity contribution in [2.75, 3.05) is 5.32 Å². The van der Waals surface area contributed by atoms with E-state index in [0.717, 1.165) is 16.6 Å². The molecule has 0 aliphatic rings. The number of carbonyl (C=O) groups is 1. The zero-order chi connectivity index (χ0) is 13.8. The molecule has 0 radical (unpaired) electrons. The Bertz CT molecular complexity index is 658. The fraction of sp³-hybridized carbons (Fsp3) is 0.200. The zero-order valence-electron chi connectivity index (χ0n) is 10.7. The Kier molecular flexibility index (Phi) is 3.79. The lowest BCUT2D eigenvalue weighted by Gasteiger charge is -2.11. The largest absolute Gasteiger partial charge is 0.323 e. The molecule has 1 aromatic heterocycles. The van der Waals surface area contributed by atoms with Crippen molar-refractivity contribution >= 4 is 22.5 Å². The summed E-state index contributed by atoms with van der Waals surface area (Å²) in [7, 11) is 0. The van der Waals surface area contributed by atoms with Crippen LogP contribution in [0.3, 0.4) is 0 Å². The molecule has 1 heterocycles. The average Bonchev–Trinajstić information content (AvgIpc) is 2.39. The molecule has 0 aliphatic heterocycles. The van der Waals surface area contributed by atoms with Crippen LogP contribution < -0.4 is 11.1 Å². The predicted octanol–water partition coefficient (Wildman–Crippen LogP) is 1.83. The van der Waals surface area contributed by atoms with Crippen LogP contribution in [0.2, 0.25) is 0 Å². The monoisotopic (exact) mass is 253 g/mol. The summed E-state index contributed by atoms with van der Waals surface area (Å²) in [6.07, 6.45) is 5.36. The van der Waals surface area contributed by atoms with E-state index in [2.05, 4.69) is 16.2 Å². The topological polar surface area (TPSA) is 68.0 Å². The average molecular weight is 253 g/mol. The number of amides is 1. The number of anilines is 1. The maximum Gasteiger partial charge on any atom is 0.242 e. The van der Waals surface area contributed by atoms with Crippen LogP contribution in [-0.4, -0.2) is 16.9 Å². The second-order valence-electron chi connectivity index (χ2n) is 4.33. The highest BCUT2D eigenvalue weighted by Gasteiger charge is 2.13. The van der Waals surface area contributed by atoms with E-state index in [4.69, 9.17) is 12.2 Å². The van der Waals surface area contributed by atoms with Crippen molar-refractivity contribution in [2.24, 2.45) is 5.73 Å². The summed E-state index contributed by atoms with van der Waals surface area (Å²) in [5.74, 6) is 2.08. The summed E-state index contributed by atoms with van der Waals surface area (Å²) in [4.78, 5) is 16.3. The summed E-state index contributed by atoms with van der Waals surface area (Å²) in [5, 5.41) is 3.74. The highest BCUT2D eigenvalue weighted by Crippen LogP contribution is 2.21. The number of aromatic nitrogens is 1. The minimum atomic E-state index is -0.704. The smallest absolute Gasteiger partial charge is 0.242 e. The number of rotatable bonds is 3. The van der Waals surface area contributed by atoms with Crippen molar-refractivity contribution in [3.8, 4) is 12.3 Å². The molecular weight excluding hydrogens is 238 g/mol. The molecule has 0 aliphatic carbocycles. The summed E-state index contributed by atoms with van der Waals surface area (Å²) in [6, 6.07) is 8.80. The van der Waals surface area contributed by atoms with Crippen LogP contribution in [0.15, 0.2) is 30.3 Å². The fourth-order valence-electron chi connectivity index (χ4n) is 1.79. The van der Waals surface area contributed by atoms with Gasteiger partial charge in [0, 0.05) is 17.5 Å². The minimum absolute atomic E-state index is 0.211. The molecule has 4 nitrogen and oxygen atoms in total. The molecule has 1 amide bonds. The van der Waals surface area contributed by atoms with Gasteiger partial charge in [-0.2, -0.15) is 0 Å². The standard InChI is InChI=1S/C15H15N3O/c1-3-5-12(16)15(19)18-13-7-4-6-11-9-8-10(2)17-14(11)13/h1,4,6-9,12H,5,16H2,2H3,(H,18,19). The number of pyridine rings is 1. The maximum atomic E-state index is 11.9. The van der Waals surface area contributed by atoms with Crippen molar-refractivity contribution < 1.29 is 4.79 Å². The molecule has 3 N–H and O–H groups in total. The molecule has 4 heteroatoms. The molecule has 2 rings (SSSR count). The van der Waals surface area contributed by atoms with Gasteiger partial charge in [0.1, 0.15) is 0 Å². The van der Waals surface area contributed by atoms with Crippen molar-refractivity contribution in [3.63, 3.8) is 0 Å². The molecule has 1 aromatic carbocycles. The third-order valence-electron chi connectivity index (χ3n) is 2.79. The predicted molar refractivity (Wildman–Crippen MR) is 76.5 cm³/mol. The molecule has 1 atom stereocenters. The molecule has 0 saturated heterocycles. The van der Waals surface area contributed by atoms with Crippen molar-refractivity contribution in [3.05, 3.63) is 36.0 Å². The second kappa shape index (κ2) is 5.51. The van der Waals surface area contributed by atoms with Gasteiger partial charge in [0.15, 0.2) is 0 Å². The van der Waals surface area contributed by atoms with Gasteiger partial charge in [-0.05, 0) is 19.1 Å². The van der Waals surface area contributed by atoms with Crippen molar-refractivity contribution in [2.45, 2.75) is 19.4 Å². The SMILES string of the molecule is C#CCC(N)C(=O)Nc1cccc2ccc(C)nc12. The number of hydrogen-bond donors (Lipinski definition) is 2.